The van der Waals surface area contributed by atoms with Gasteiger partial charge in [0.25, 0.3) is 0 Å². The summed E-state index contributed by atoms with van der Waals surface area (Å²) >= 11 is 5.06. The Morgan fingerprint density at radius 1 is 1.29 bits per heavy atom. The van der Waals surface area contributed by atoms with Crippen molar-refractivity contribution in [1.82, 2.24) is 5.32 Å². The van der Waals surface area contributed by atoms with E-state index in [0.29, 0.717) is 11.7 Å². The summed E-state index contributed by atoms with van der Waals surface area (Å²) in [5, 5.41) is 6.27. The van der Waals surface area contributed by atoms with Gasteiger partial charge in [0, 0.05) is 19.9 Å². The highest BCUT2D eigenvalue weighted by atomic mass is 32.1. The molecule has 1 aromatic rings. The zero-order valence-electron chi connectivity index (χ0n) is 9.70. The van der Waals surface area contributed by atoms with Crippen molar-refractivity contribution in [2.45, 2.75) is 6.29 Å². The zero-order chi connectivity index (χ0) is 12.7. The first kappa shape index (κ1) is 13.8. The molecule has 0 heterocycles. The van der Waals surface area contributed by atoms with Gasteiger partial charge in [-0.3, -0.25) is 0 Å². The van der Waals surface area contributed by atoms with Crippen LogP contribution in [-0.4, -0.2) is 32.2 Å². The van der Waals surface area contributed by atoms with Gasteiger partial charge in [0.05, 0.1) is 6.54 Å². The maximum absolute atomic E-state index is 12.7. The first-order valence-corrected chi connectivity index (χ1v) is 5.42. The average molecular weight is 258 g/mol. The largest absolute Gasteiger partial charge is 0.357 e. The third kappa shape index (κ3) is 5.08. The highest BCUT2D eigenvalue weighted by molar-refractivity contribution is 7.80. The van der Waals surface area contributed by atoms with E-state index in [4.69, 9.17) is 21.7 Å². The van der Waals surface area contributed by atoms with Crippen molar-refractivity contribution < 1.29 is 13.9 Å². The molecular weight excluding hydrogens is 243 g/mol. The van der Waals surface area contributed by atoms with Gasteiger partial charge in [-0.05, 0) is 36.5 Å². The fourth-order valence-electron chi connectivity index (χ4n) is 1.15. The van der Waals surface area contributed by atoms with Crippen LogP contribution in [0.3, 0.4) is 0 Å². The van der Waals surface area contributed by atoms with Crippen molar-refractivity contribution in [3.63, 3.8) is 0 Å². The summed E-state index contributed by atoms with van der Waals surface area (Å²) in [6.45, 7) is 0.431. The fraction of sp³-hybridized carbons (Fsp3) is 0.364. The summed E-state index contributed by atoms with van der Waals surface area (Å²) in [5.74, 6) is -0.284. The van der Waals surface area contributed by atoms with Crippen molar-refractivity contribution in [2.24, 2.45) is 0 Å². The predicted octanol–water partition coefficient (Wildman–Crippen LogP) is 1.73. The van der Waals surface area contributed by atoms with Gasteiger partial charge in [-0.25, -0.2) is 4.39 Å². The summed E-state index contributed by atoms with van der Waals surface area (Å²) in [6.07, 6.45) is -0.358. The lowest BCUT2D eigenvalue weighted by Gasteiger charge is -2.16. The van der Waals surface area contributed by atoms with Crippen LogP contribution in [0.4, 0.5) is 10.1 Å². The summed E-state index contributed by atoms with van der Waals surface area (Å²) in [6, 6.07) is 5.93. The molecule has 2 N–H and O–H groups in total. The number of rotatable bonds is 5. The van der Waals surface area contributed by atoms with Crippen LogP contribution in [0.5, 0.6) is 0 Å². The molecule has 0 radical (unpaired) electrons. The zero-order valence-corrected chi connectivity index (χ0v) is 10.5. The number of ether oxygens (including phenoxy) is 2. The Hall–Kier alpha value is -1.24. The van der Waals surface area contributed by atoms with Crippen LogP contribution in [0.1, 0.15) is 0 Å². The fourth-order valence-corrected chi connectivity index (χ4v) is 1.35. The Kier molecular flexibility index (Phi) is 5.82. The van der Waals surface area contributed by atoms with Crippen molar-refractivity contribution in [2.75, 3.05) is 26.1 Å². The second kappa shape index (κ2) is 7.16. The van der Waals surface area contributed by atoms with E-state index in [-0.39, 0.29) is 12.1 Å². The molecule has 0 aromatic heterocycles. The molecule has 0 spiro atoms. The molecular formula is C11H15FN2O2S. The van der Waals surface area contributed by atoms with Gasteiger partial charge in [0.1, 0.15) is 5.82 Å². The first-order valence-electron chi connectivity index (χ1n) is 5.01. The van der Waals surface area contributed by atoms with Crippen LogP contribution >= 0.6 is 12.2 Å². The van der Waals surface area contributed by atoms with Gasteiger partial charge in [0.15, 0.2) is 11.4 Å². The maximum Gasteiger partial charge on any atom is 0.174 e. The summed E-state index contributed by atoms with van der Waals surface area (Å²) < 4.78 is 22.6. The number of methoxy groups -OCH3 is 2. The Balaban J connectivity index is 2.37. The Bertz CT molecular complexity index is 355. The van der Waals surface area contributed by atoms with E-state index in [9.17, 15) is 4.39 Å². The van der Waals surface area contributed by atoms with Crippen molar-refractivity contribution >= 4 is 23.0 Å². The quantitative estimate of drug-likeness (QED) is 0.622. The van der Waals surface area contributed by atoms with Crippen LogP contribution in [0.15, 0.2) is 24.3 Å². The number of nitrogens with one attached hydrogen (secondary N) is 2. The van der Waals surface area contributed by atoms with Crippen molar-refractivity contribution in [3.8, 4) is 0 Å². The maximum atomic E-state index is 12.7. The van der Waals surface area contributed by atoms with Crippen molar-refractivity contribution in [3.05, 3.63) is 30.1 Å². The lowest BCUT2D eigenvalue weighted by molar-refractivity contribution is -0.0964. The van der Waals surface area contributed by atoms with E-state index in [1.165, 1.54) is 12.1 Å². The van der Waals surface area contributed by atoms with Crippen LogP contribution in [0, 0.1) is 5.82 Å². The van der Waals surface area contributed by atoms with Crippen molar-refractivity contribution in [1.29, 1.82) is 0 Å². The monoisotopic (exact) mass is 258 g/mol. The number of halogens is 1. The Morgan fingerprint density at radius 3 is 2.41 bits per heavy atom. The molecule has 0 aliphatic carbocycles. The Morgan fingerprint density at radius 2 is 1.88 bits per heavy atom. The minimum Gasteiger partial charge on any atom is -0.357 e. The molecule has 1 rings (SSSR count). The molecule has 0 fully saturated rings. The number of hydrogen-bond acceptors (Lipinski definition) is 3. The van der Waals surface area contributed by atoms with Gasteiger partial charge < -0.3 is 20.1 Å². The van der Waals surface area contributed by atoms with E-state index < -0.39 is 0 Å². The molecule has 0 bridgehead atoms. The van der Waals surface area contributed by atoms with E-state index in [1.54, 1.807) is 26.4 Å². The van der Waals surface area contributed by atoms with E-state index in [0.717, 1.165) is 5.69 Å². The third-order valence-corrected chi connectivity index (χ3v) is 2.30. The van der Waals surface area contributed by atoms with Gasteiger partial charge in [-0.15, -0.1) is 0 Å². The normalized spacial score (nSPS) is 10.4. The summed E-state index contributed by atoms with van der Waals surface area (Å²) in [4.78, 5) is 0. The van der Waals surface area contributed by atoms with Gasteiger partial charge >= 0.3 is 0 Å². The summed E-state index contributed by atoms with van der Waals surface area (Å²) in [7, 11) is 3.10. The molecule has 4 nitrogen and oxygen atoms in total. The molecule has 0 unspecified atom stereocenters. The van der Waals surface area contributed by atoms with Crippen LogP contribution in [0.25, 0.3) is 0 Å². The topological polar surface area (TPSA) is 42.5 Å². The molecule has 6 heteroatoms. The lowest BCUT2D eigenvalue weighted by atomic mass is 10.3. The highest BCUT2D eigenvalue weighted by Gasteiger charge is 2.05. The molecule has 0 saturated heterocycles. The van der Waals surface area contributed by atoms with E-state index in [1.807, 2.05) is 0 Å². The number of benzene rings is 1. The smallest absolute Gasteiger partial charge is 0.174 e. The second-order valence-corrected chi connectivity index (χ2v) is 3.65. The van der Waals surface area contributed by atoms with Gasteiger partial charge in [-0.1, -0.05) is 0 Å². The van der Waals surface area contributed by atoms with E-state index in [2.05, 4.69) is 10.6 Å². The second-order valence-electron chi connectivity index (χ2n) is 3.24. The number of hydrogen-bond donors (Lipinski definition) is 2. The van der Waals surface area contributed by atoms with Crippen LogP contribution in [-0.2, 0) is 9.47 Å². The minimum atomic E-state index is -0.358. The SMILES string of the molecule is COC(CNC(=S)Nc1ccc(F)cc1)OC. The van der Waals surface area contributed by atoms with Gasteiger partial charge in [-0.2, -0.15) is 0 Å². The molecule has 0 amide bonds. The lowest BCUT2D eigenvalue weighted by Crippen LogP contribution is -2.36. The molecule has 0 aliphatic heterocycles. The van der Waals surface area contributed by atoms with Gasteiger partial charge in [0.2, 0.25) is 0 Å². The van der Waals surface area contributed by atoms with Crippen LogP contribution < -0.4 is 10.6 Å². The highest BCUT2D eigenvalue weighted by Crippen LogP contribution is 2.07. The van der Waals surface area contributed by atoms with Crippen LogP contribution in [0.2, 0.25) is 0 Å². The molecule has 94 valence electrons. The molecule has 0 aliphatic rings. The molecule has 1 aromatic carbocycles. The predicted molar refractivity (Wildman–Crippen MR) is 68.4 cm³/mol. The van der Waals surface area contributed by atoms with E-state index >= 15 is 0 Å². The minimum absolute atomic E-state index is 0.284. The number of anilines is 1. The summed E-state index contributed by atoms with van der Waals surface area (Å²) in [5.41, 5.74) is 0.718. The third-order valence-electron chi connectivity index (χ3n) is 2.06. The Labute approximate surface area is 105 Å². The number of thiocarbonyl (C=S) groups is 1. The standard InChI is InChI=1S/C11H15FN2O2S/c1-15-10(16-2)7-13-11(17)14-9-5-3-8(12)4-6-9/h3-6,10H,7H2,1-2H3,(H2,13,14,17). The molecule has 17 heavy (non-hydrogen) atoms. The molecule has 0 atom stereocenters. The molecule has 0 saturated carbocycles. The average Bonchev–Trinajstić information content (AvgIpc) is 2.33. The first-order chi connectivity index (χ1) is 8.15.